The summed E-state index contributed by atoms with van der Waals surface area (Å²) in [5.74, 6) is 1.28. The Kier molecular flexibility index (Phi) is 3.89. The Morgan fingerprint density at radius 3 is 2.78 bits per heavy atom. The van der Waals surface area contributed by atoms with Gasteiger partial charge in [0.05, 0.1) is 11.6 Å². The zero-order valence-electron chi connectivity index (χ0n) is 9.87. The van der Waals surface area contributed by atoms with Gasteiger partial charge in [-0.2, -0.15) is 0 Å². The molecule has 3 nitrogen and oxygen atoms in total. The van der Waals surface area contributed by atoms with Crippen molar-refractivity contribution in [1.29, 1.82) is 0 Å². The van der Waals surface area contributed by atoms with Crippen molar-refractivity contribution in [2.24, 2.45) is 5.73 Å². The quantitative estimate of drug-likeness (QED) is 0.925. The molecule has 2 rings (SSSR count). The lowest BCUT2D eigenvalue weighted by Crippen LogP contribution is -1.96. The maximum atomic E-state index is 13.2. The van der Waals surface area contributed by atoms with Crippen molar-refractivity contribution < 1.29 is 13.5 Å². The van der Waals surface area contributed by atoms with Crippen molar-refractivity contribution in [1.82, 2.24) is 0 Å². The van der Waals surface area contributed by atoms with E-state index in [9.17, 15) is 4.39 Å². The van der Waals surface area contributed by atoms with Gasteiger partial charge in [-0.15, -0.1) is 0 Å². The lowest BCUT2D eigenvalue weighted by Gasteiger charge is -2.04. The molecule has 0 unspecified atom stereocenters. The first kappa shape index (κ1) is 12.9. The molecule has 5 heteroatoms. The fourth-order valence-electron chi connectivity index (χ4n) is 1.59. The third-order valence-electron chi connectivity index (χ3n) is 2.53. The van der Waals surface area contributed by atoms with E-state index in [4.69, 9.17) is 26.5 Å². The maximum Gasteiger partial charge on any atom is 0.146 e. The molecule has 0 saturated heterocycles. The fraction of sp³-hybridized carbons (Fsp3) is 0.231. The third kappa shape index (κ3) is 2.83. The fourth-order valence-corrected chi connectivity index (χ4v) is 1.70. The summed E-state index contributed by atoms with van der Waals surface area (Å²) in [6.07, 6.45) is 0. The summed E-state index contributed by atoms with van der Waals surface area (Å²) in [5, 5.41) is 0.0709. The first-order valence-electron chi connectivity index (χ1n) is 5.46. The second-order valence-electron chi connectivity index (χ2n) is 3.89. The SMILES string of the molecule is Cc1cc(COc2ccc(Cl)c(F)c2)oc1CN. The van der Waals surface area contributed by atoms with Crippen LogP contribution in [0, 0.1) is 12.7 Å². The molecule has 18 heavy (non-hydrogen) atoms. The molecule has 1 aromatic carbocycles. The highest BCUT2D eigenvalue weighted by Crippen LogP contribution is 2.22. The highest BCUT2D eigenvalue weighted by atomic mass is 35.5. The van der Waals surface area contributed by atoms with Gasteiger partial charge in [-0.1, -0.05) is 11.6 Å². The minimum absolute atomic E-state index is 0.0709. The molecule has 0 aliphatic carbocycles. The van der Waals surface area contributed by atoms with Crippen molar-refractivity contribution in [3.8, 4) is 5.75 Å². The van der Waals surface area contributed by atoms with Gasteiger partial charge in [0.25, 0.3) is 0 Å². The van der Waals surface area contributed by atoms with Gasteiger partial charge in [0, 0.05) is 6.07 Å². The summed E-state index contributed by atoms with van der Waals surface area (Å²) >= 11 is 5.58. The number of nitrogens with two attached hydrogens (primary N) is 1. The zero-order chi connectivity index (χ0) is 13.1. The Morgan fingerprint density at radius 2 is 2.17 bits per heavy atom. The summed E-state index contributed by atoms with van der Waals surface area (Å²) in [6, 6.07) is 6.15. The average Bonchev–Trinajstić information content (AvgIpc) is 2.71. The van der Waals surface area contributed by atoms with Crippen LogP contribution in [-0.4, -0.2) is 0 Å². The molecule has 0 aliphatic rings. The molecule has 0 radical (unpaired) electrons. The molecule has 96 valence electrons. The van der Waals surface area contributed by atoms with Crippen molar-refractivity contribution in [2.75, 3.05) is 0 Å². The predicted molar refractivity (Wildman–Crippen MR) is 67.1 cm³/mol. The minimum atomic E-state index is -0.507. The normalized spacial score (nSPS) is 10.7. The number of hydrogen-bond donors (Lipinski definition) is 1. The van der Waals surface area contributed by atoms with Crippen LogP contribution in [0.15, 0.2) is 28.7 Å². The molecular formula is C13H13ClFNO2. The van der Waals surface area contributed by atoms with E-state index in [-0.39, 0.29) is 11.6 Å². The Hall–Kier alpha value is -1.52. The van der Waals surface area contributed by atoms with Gasteiger partial charge in [-0.3, -0.25) is 0 Å². The standard InChI is InChI=1S/C13H13ClFNO2/c1-8-4-10(18-13(8)6-16)7-17-9-2-3-11(14)12(15)5-9/h2-5H,6-7,16H2,1H3. The van der Waals surface area contributed by atoms with Gasteiger partial charge in [-0.25, -0.2) is 4.39 Å². The summed E-state index contributed by atoms with van der Waals surface area (Å²) in [7, 11) is 0. The number of ether oxygens (including phenoxy) is 1. The Bertz CT molecular complexity index is 554. The van der Waals surface area contributed by atoms with Crippen LogP contribution in [0.2, 0.25) is 5.02 Å². The lowest BCUT2D eigenvalue weighted by molar-refractivity contribution is 0.265. The van der Waals surface area contributed by atoms with Gasteiger partial charge < -0.3 is 14.9 Å². The monoisotopic (exact) mass is 269 g/mol. The lowest BCUT2D eigenvalue weighted by atomic mass is 10.2. The molecule has 1 aromatic heterocycles. The molecule has 0 amide bonds. The number of hydrogen-bond acceptors (Lipinski definition) is 3. The topological polar surface area (TPSA) is 48.4 Å². The van der Waals surface area contributed by atoms with Crippen LogP contribution in [0.1, 0.15) is 17.1 Å². The van der Waals surface area contributed by atoms with Crippen molar-refractivity contribution in [3.05, 3.63) is 52.2 Å². The van der Waals surface area contributed by atoms with Crippen molar-refractivity contribution >= 4 is 11.6 Å². The van der Waals surface area contributed by atoms with E-state index in [1.54, 1.807) is 6.07 Å². The molecule has 1 heterocycles. The van der Waals surface area contributed by atoms with Gasteiger partial charge in [-0.05, 0) is 30.7 Å². The molecule has 2 N–H and O–H groups in total. The number of halogens is 2. The number of aryl methyl sites for hydroxylation is 1. The molecule has 0 spiro atoms. The van der Waals surface area contributed by atoms with Crippen LogP contribution in [0.3, 0.4) is 0 Å². The van der Waals surface area contributed by atoms with Crippen LogP contribution in [0.5, 0.6) is 5.75 Å². The number of rotatable bonds is 4. The highest BCUT2D eigenvalue weighted by molar-refractivity contribution is 6.30. The Balaban J connectivity index is 2.04. The van der Waals surface area contributed by atoms with Crippen LogP contribution in [0.25, 0.3) is 0 Å². The van der Waals surface area contributed by atoms with Crippen LogP contribution in [0.4, 0.5) is 4.39 Å². The van der Waals surface area contributed by atoms with Crippen LogP contribution >= 0.6 is 11.6 Å². The predicted octanol–water partition coefficient (Wildman–Crippen LogP) is 3.42. The van der Waals surface area contributed by atoms with E-state index < -0.39 is 5.82 Å². The first-order chi connectivity index (χ1) is 8.60. The van der Waals surface area contributed by atoms with Crippen LogP contribution < -0.4 is 10.5 Å². The number of furan rings is 1. The van der Waals surface area contributed by atoms with Crippen LogP contribution in [-0.2, 0) is 13.2 Å². The summed E-state index contributed by atoms with van der Waals surface area (Å²) in [4.78, 5) is 0. The second-order valence-corrected chi connectivity index (χ2v) is 4.29. The molecule has 0 fully saturated rings. The molecule has 0 atom stereocenters. The molecular weight excluding hydrogens is 257 g/mol. The van der Waals surface area contributed by atoms with E-state index in [2.05, 4.69) is 0 Å². The Morgan fingerprint density at radius 1 is 1.39 bits per heavy atom. The van der Waals surface area contributed by atoms with Gasteiger partial charge in [0.1, 0.15) is 29.7 Å². The molecule has 0 saturated carbocycles. The highest BCUT2D eigenvalue weighted by Gasteiger charge is 2.07. The van der Waals surface area contributed by atoms with Crippen molar-refractivity contribution in [2.45, 2.75) is 20.1 Å². The third-order valence-corrected chi connectivity index (χ3v) is 2.84. The van der Waals surface area contributed by atoms with Crippen molar-refractivity contribution in [3.63, 3.8) is 0 Å². The first-order valence-corrected chi connectivity index (χ1v) is 5.84. The number of benzene rings is 1. The average molecular weight is 270 g/mol. The van der Waals surface area contributed by atoms with Gasteiger partial charge in [0.2, 0.25) is 0 Å². The second kappa shape index (κ2) is 5.42. The zero-order valence-corrected chi connectivity index (χ0v) is 10.6. The van der Waals surface area contributed by atoms with E-state index in [0.29, 0.717) is 18.1 Å². The summed E-state index contributed by atoms with van der Waals surface area (Å²) in [6.45, 7) is 2.49. The summed E-state index contributed by atoms with van der Waals surface area (Å²) < 4.78 is 24.1. The van der Waals surface area contributed by atoms with E-state index in [1.165, 1.54) is 12.1 Å². The molecule has 0 bridgehead atoms. The molecule has 2 aromatic rings. The van der Waals surface area contributed by atoms with E-state index in [1.807, 2.05) is 13.0 Å². The largest absolute Gasteiger partial charge is 0.486 e. The van der Waals surface area contributed by atoms with Gasteiger partial charge in [0.15, 0.2) is 0 Å². The summed E-state index contributed by atoms with van der Waals surface area (Å²) in [5.41, 5.74) is 6.49. The minimum Gasteiger partial charge on any atom is -0.486 e. The molecule has 0 aliphatic heterocycles. The van der Waals surface area contributed by atoms with E-state index in [0.717, 1.165) is 11.3 Å². The Labute approximate surface area is 109 Å². The van der Waals surface area contributed by atoms with Gasteiger partial charge >= 0.3 is 0 Å². The van der Waals surface area contributed by atoms with E-state index >= 15 is 0 Å². The maximum absolute atomic E-state index is 13.2. The smallest absolute Gasteiger partial charge is 0.146 e.